The van der Waals surface area contributed by atoms with E-state index < -0.39 is 5.97 Å². The van der Waals surface area contributed by atoms with Crippen molar-refractivity contribution in [2.24, 2.45) is 0 Å². The summed E-state index contributed by atoms with van der Waals surface area (Å²) >= 11 is 0. The van der Waals surface area contributed by atoms with E-state index in [2.05, 4.69) is 5.10 Å². The molecule has 5 heteroatoms. The van der Waals surface area contributed by atoms with Gasteiger partial charge in [0.25, 0.3) is 0 Å². The zero-order valence-electron chi connectivity index (χ0n) is 9.33. The minimum Gasteiger partial charge on any atom is -0.481 e. The lowest BCUT2D eigenvalue weighted by atomic mass is 10.2. The smallest absolute Gasteiger partial charge is 0.356 e. The second kappa shape index (κ2) is 4.69. The Morgan fingerprint density at radius 1 is 1.41 bits per heavy atom. The molecule has 0 unspecified atom stereocenters. The van der Waals surface area contributed by atoms with Gasteiger partial charge in [0.05, 0.1) is 13.7 Å². The van der Waals surface area contributed by atoms with Gasteiger partial charge in [0, 0.05) is 6.07 Å². The van der Waals surface area contributed by atoms with Crippen LogP contribution in [-0.2, 0) is 6.54 Å². The average Bonchev–Trinajstić information content (AvgIpc) is 2.74. The molecule has 17 heavy (non-hydrogen) atoms. The first-order valence-corrected chi connectivity index (χ1v) is 5.10. The molecule has 5 nitrogen and oxygen atoms in total. The molecule has 0 saturated carbocycles. The molecular weight excluding hydrogens is 220 g/mol. The third-order valence-electron chi connectivity index (χ3n) is 2.35. The number of aromatic nitrogens is 2. The summed E-state index contributed by atoms with van der Waals surface area (Å²) in [6, 6.07) is 11.1. The number of carboxylic acids is 1. The van der Waals surface area contributed by atoms with Crippen LogP contribution in [0.3, 0.4) is 0 Å². The number of carboxylic acid groups (broad SMARTS) is 1. The second-order valence-corrected chi connectivity index (χ2v) is 3.52. The van der Waals surface area contributed by atoms with Crippen molar-refractivity contribution in [1.82, 2.24) is 9.78 Å². The van der Waals surface area contributed by atoms with Gasteiger partial charge in [0.1, 0.15) is 0 Å². The number of methoxy groups -OCH3 is 1. The van der Waals surface area contributed by atoms with Crippen molar-refractivity contribution in [1.29, 1.82) is 0 Å². The predicted molar refractivity (Wildman–Crippen MR) is 61.3 cm³/mol. The van der Waals surface area contributed by atoms with Crippen molar-refractivity contribution in [3.8, 4) is 5.88 Å². The Hall–Kier alpha value is -2.30. The number of ether oxygens (including phenoxy) is 1. The largest absolute Gasteiger partial charge is 0.481 e. The molecule has 2 rings (SSSR count). The summed E-state index contributed by atoms with van der Waals surface area (Å²) in [5.41, 5.74) is 1.02. The normalized spacial score (nSPS) is 10.2. The predicted octanol–water partition coefficient (Wildman–Crippen LogP) is 1.64. The van der Waals surface area contributed by atoms with E-state index in [0.29, 0.717) is 12.4 Å². The Balaban J connectivity index is 2.29. The molecule has 0 amide bonds. The van der Waals surface area contributed by atoms with Gasteiger partial charge in [-0.15, -0.1) is 0 Å². The Bertz CT molecular complexity index is 520. The van der Waals surface area contributed by atoms with Gasteiger partial charge in [-0.1, -0.05) is 30.3 Å². The maximum atomic E-state index is 10.8. The van der Waals surface area contributed by atoms with Gasteiger partial charge in [-0.2, -0.15) is 5.10 Å². The monoisotopic (exact) mass is 232 g/mol. The second-order valence-electron chi connectivity index (χ2n) is 3.52. The van der Waals surface area contributed by atoms with E-state index in [9.17, 15) is 4.79 Å². The summed E-state index contributed by atoms with van der Waals surface area (Å²) in [5, 5.41) is 12.8. The highest BCUT2D eigenvalue weighted by Crippen LogP contribution is 2.15. The van der Waals surface area contributed by atoms with Gasteiger partial charge in [0.2, 0.25) is 5.88 Å². The number of aromatic carboxylic acids is 1. The lowest BCUT2D eigenvalue weighted by Crippen LogP contribution is -2.05. The van der Waals surface area contributed by atoms with E-state index in [4.69, 9.17) is 9.84 Å². The Morgan fingerprint density at radius 2 is 2.12 bits per heavy atom. The fraction of sp³-hybridized carbons (Fsp3) is 0.167. The Kier molecular flexibility index (Phi) is 3.09. The van der Waals surface area contributed by atoms with Gasteiger partial charge in [-0.3, -0.25) is 0 Å². The van der Waals surface area contributed by atoms with E-state index in [1.54, 1.807) is 0 Å². The Labute approximate surface area is 98.3 Å². The zero-order chi connectivity index (χ0) is 12.3. The molecule has 0 spiro atoms. The first kappa shape index (κ1) is 11.2. The number of carbonyl (C=O) groups is 1. The van der Waals surface area contributed by atoms with Gasteiger partial charge in [0.15, 0.2) is 5.69 Å². The molecule has 1 aromatic heterocycles. The molecule has 0 atom stereocenters. The molecule has 1 heterocycles. The van der Waals surface area contributed by atoms with Crippen molar-refractivity contribution < 1.29 is 14.6 Å². The van der Waals surface area contributed by atoms with Crippen LogP contribution in [-0.4, -0.2) is 28.0 Å². The van der Waals surface area contributed by atoms with Crippen molar-refractivity contribution >= 4 is 5.97 Å². The van der Waals surface area contributed by atoms with Crippen LogP contribution in [0.25, 0.3) is 0 Å². The molecule has 0 saturated heterocycles. The third-order valence-corrected chi connectivity index (χ3v) is 2.35. The minimum atomic E-state index is -1.06. The van der Waals surface area contributed by atoms with Crippen LogP contribution in [0.2, 0.25) is 0 Å². The van der Waals surface area contributed by atoms with Crippen LogP contribution < -0.4 is 4.74 Å². The lowest BCUT2D eigenvalue weighted by Gasteiger charge is -2.05. The maximum absolute atomic E-state index is 10.8. The van der Waals surface area contributed by atoms with Crippen LogP contribution in [0.5, 0.6) is 5.88 Å². The van der Waals surface area contributed by atoms with Crippen molar-refractivity contribution in [3.05, 3.63) is 47.7 Å². The standard InChI is InChI=1S/C12H12N2O3/c1-17-11-7-10(12(15)16)13-14(11)8-9-5-3-2-4-6-9/h2-7H,8H2,1H3,(H,15,16). The molecule has 1 aromatic carbocycles. The fourth-order valence-corrected chi connectivity index (χ4v) is 1.54. The molecular formula is C12H12N2O3. The molecule has 0 bridgehead atoms. The first-order valence-electron chi connectivity index (χ1n) is 5.10. The summed E-state index contributed by atoms with van der Waals surface area (Å²) in [5.74, 6) is -0.624. The fourth-order valence-electron chi connectivity index (χ4n) is 1.54. The molecule has 0 aliphatic rings. The summed E-state index contributed by atoms with van der Waals surface area (Å²) in [6.45, 7) is 0.483. The highest BCUT2D eigenvalue weighted by atomic mass is 16.5. The van der Waals surface area contributed by atoms with E-state index in [-0.39, 0.29) is 5.69 Å². The molecule has 2 aromatic rings. The quantitative estimate of drug-likeness (QED) is 0.870. The number of nitrogens with zero attached hydrogens (tertiary/aromatic N) is 2. The minimum absolute atomic E-state index is 0.0159. The number of hydrogen-bond donors (Lipinski definition) is 1. The van der Waals surface area contributed by atoms with Crippen molar-refractivity contribution in [3.63, 3.8) is 0 Å². The average molecular weight is 232 g/mol. The van der Waals surface area contributed by atoms with Crippen LogP contribution in [0.4, 0.5) is 0 Å². The summed E-state index contributed by atoms with van der Waals surface area (Å²) in [7, 11) is 1.49. The summed E-state index contributed by atoms with van der Waals surface area (Å²) in [4.78, 5) is 10.8. The molecule has 0 radical (unpaired) electrons. The van der Waals surface area contributed by atoms with Gasteiger partial charge in [-0.05, 0) is 5.56 Å². The van der Waals surface area contributed by atoms with Gasteiger partial charge >= 0.3 is 5.97 Å². The van der Waals surface area contributed by atoms with E-state index in [1.807, 2.05) is 30.3 Å². The number of hydrogen-bond acceptors (Lipinski definition) is 3. The van der Waals surface area contributed by atoms with Crippen molar-refractivity contribution in [2.45, 2.75) is 6.54 Å². The SMILES string of the molecule is COc1cc(C(=O)O)nn1Cc1ccccc1. The van der Waals surface area contributed by atoms with Crippen LogP contribution in [0, 0.1) is 0 Å². The van der Waals surface area contributed by atoms with Crippen LogP contribution in [0.1, 0.15) is 16.1 Å². The van der Waals surface area contributed by atoms with Crippen LogP contribution in [0.15, 0.2) is 36.4 Å². The lowest BCUT2D eigenvalue weighted by molar-refractivity contribution is 0.0689. The van der Waals surface area contributed by atoms with Crippen LogP contribution >= 0.6 is 0 Å². The van der Waals surface area contributed by atoms with E-state index in [0.717, 1.165) is 5.56 Å². The molecule has 0 fully saturated rings. The molecule has 88 valence electrons. The molecule has 1 N–H and O–H groups in total. The first-order chi connectivity index (χ1) is 8.20. The van der Waals surface area contributed by atoms with E-state index >= 15 is 0 Å². The number of benzene rings is 1. The summed E-state index contributed by atoms with van der Waals surface area (Å²) < 4.78 is 6.61. The topological polar surface area (TPSA) is 64.3 Å². The third kappa shape index (κ3) is 2.44. The highest BCUT2D eigenvalue weighted by Gasteiger charge is 2.13. The van der Waals surface area contributed by atoms with E-state index in [1.165, 1.54) is 17.9 Å². The molecule has 0 aliphatic carbocycles. The highest BCUT2D eigenvalue weighted by molar-refractivity contribution is 5.85. The number of rotatable bonds is 4. The van der Waals surface area contributed by atoms with Crippen molar-refractivity contribution in [2.75, 3.05) is 7.11 Å². The molecule has 0 aliphatic heterocycles. The van der Waals surface area contributed by atoms with Gasteiger partial charge in [-0.25, -0.2) is 9.48 Å². The zero-order valence-corrected chi connectivity index (χ0v) is 9.33. The van der Waals surface area contributed by atoms with Gasteiger partial charge < -0.3 is 9.84 Å². The maximum Gasteiger partial charge on any atom is 0.356 e. The summed E-state index contributed by atoms with van der Waals surface area (Å²) in [6.07, 6.45) is 0. The Morgan fingerprint density at radius 3 is 2.71 bits per heavy atom.